The lowest BCUT2D eigenvalue weighted by molar-refractivity contribution is 0.363. The van der Waals surface area contributed by atoms with Gasteiger partial charge in [0.25, 0.3) is 0 Å². The number of rotatable bonds is 21. The first-order valence-corrected chi connectivity index (χ1v) is 13.0. The summed E-state index contributed by atoms with van der Waals surface area (Å²) in [6.07, 6.45) is 26.5. The minimum absolute atomic E-state index is 0.442. The lowest BCUT2D eigenvalue weighted by atomic mass is 9.59. The molecule has 0 saturated heterocycles. The van der Waals surface area contributed by atoms with E-state index in [0.29, 0.717) is 12.8 Å². The van der Waals surface area contributed by atoms with Crippen molar-refractivity contribution < 1.29 is 4.65 Å². The van der Waals surface area contributed by atoms with E-state index in [0.717, 1.165) is 0 Å². The molecule has 0 saturated carbocycles. The first-order valence-electron chi connectivity index (χ1n) is 13.0. The van der Waals surface area contributed by atoms with Crippen LogP contribution in [0, 0.1) is 5.92 Å². The average Bonchev–Trinajstić information content (AvgIpc) is 2.68. The quantitative estimate of drug-likeness (QED) is 0.107. The van der Waals surface area contributed by atoms with E-state index in [1.54, 1.807) is 0 Å². The Morgan fingerprint density at radius 2 is 1.07 bits per heavy atom. The van der Waals surface area contributed by atoms with Gasteiger partial charge in [0, 0.05) is 5.92 Å². The van der Waals surface area contributed by atoms with Crippen LogP contribution in [-0.4, -0.2) is 6.92 Å². The van der Waals surface area contributed by atoms with Crippen LogP contribution in [0.3, 0.4) is 0 Å². The van der Waals surface area contributed by atoms with Crippen molar-refractivity contribution in [3.8, 4) is 0 Å². The molecule has 0 aliphatic rings. The summed E-state index contributed by atoms with van der Waals surface area (Å²) in [4.78, 5) is 0. The second-order valence-corrected chi connectivity index (χ2v) is 9.11. The summed E-state index contributed by atoms with van der Waals surface area (Å²) in [5, 5.41) is 0. The van der Waals surface area contributed by atoms with Gasteiger partial charge in [-0.25, -0.2) is 0 Å². The highest BCUT2D eigenvalue weighted by Gasteiger charge is 2.19. The Kier molecular flexibility index (Phi) is 21.0. The maximum Gasteiger partial charge on any atom is 0.357 e. The normalized spacial score (nSPS) is 12.0. The molecular formula is C26H53BO. The predicted octanol–water partition coefficient (Wildman–Crippen LogP) is 9.84. The molecule has 0 N–H and O–H groups in total. The Morgan fingerprint density at radius 3 is 1.50 bits per heavy atom. The Bertz CT molecular complexity index is 323. The summed E-state index contributed by atoms with van der Waals surface area (Å²) in [6.45, 7) is 11.9. The molecule has 0 rings (SSSR count). The van der Waals surface area contributed by atoms with Crippen LogP contribution in [0.4, 0.5) is 0 Å². The van der Waals surface area contributed by atoms with Gasteiger partial charge in [-0.3, -0.25) is 0 Å². The van der Waals surface area contributed by atoms with Gasteiger partial charge in [0.15, 0.2) is 0 Å². The number of allylic oxidation sites excluding steroid dienone is 2. The summed E-state index contributed by atoms with van der Waals surface area (Å²) < 4.78 is 6.61. The van der Waals surface area contributed by atoms with Gasteiger partial charge in [-0.2, -0.15) is 0 Å². The van der Waals surface area contributed by atoms with Gasteiger partial charge in [-0.05, 0) is 31.6 Å². The molecule has 0 aliphatic heterocycles. The van der Waals surface area contributed by atoms with E-state index in [1.807, 2.05) is 0 Å². The standard InChI is InChI=1S/C26H53BO/c1-6-9-12-15-16-19-22-26(25(4)5)28-27(23-20-17-13-10-7-2)24-21-18-14-11-8-3/h22,25H,6-21,23-24H2,1-5H3/b26-22+. The number of hydrogen-bond acceptors (Lipinski definition) is 1. The third-order valence-electron chi connectivity index (χ3n) is 5.78. The zero-order valence-electron chi connectivity index (χ0n) is 20.4. The number of hydrogen-bond donors (Lipinski definition) is 0. The molecule has 0 unspecified atom stereocenters. The van der Waals surface area contributed by atoms with Crippen molar-refractivity contribution in [2.75, 3.05) is 0 Å². The van der Waals surface area contributed by atoms with Gasteiger partial charge in [0.1, 0.15) is 0 Å². The van der Waals surface area contributed by atoms with Crippen LogP contribution in [0.25, 0.3) is 0 Å². The smallest absolute Gasteiger partial charge is 0.357 e. The maximum absolute atomic E-state index is 6.61. The van der Waals surface area contributed by atoms with Crippen molar-refractivity contribution in [1.82, 2.24) is 0 Å². The molecular weight excluding hydrogens is 339 g/mol. The van der Waals surface area contributed by atoms with Crippen molar-refractivity contribution in [1.29, 1.82) is 0 Å². The Morgan fingerprint density at radius 1 is 0.643 bits per heavy atom. The fraction of sp³-hybridized carbons (Fsp3) is 0.923. The molecule has 0 spiro atoms. The molecule has 2 heteroatoms. The summed E-state index contributed by atoms with van der Waals surface area (Å²) in [7, 11) is 0. The zero-order chi connectivity index (χ0) is 20.9. The van der Waals surface area contributed by atoms with Gasteiger partial charge in [-0.1, -0.05) is 125 Å². The molecule has 166 valence electrons. The Labute approximate surface area is 179 Å². The van der Waals surface area contributed by atoms with Gasteiger partial charge in [-0.15, -0.1) is 0 Å². The topological polar surface area (TPSA) is 9.23 Å². The molecule has 0 amide bonds. The lowest BCUT2D eigenvalue weighted by Crippen LogP contribution is -2.19. The third kappa shape index (κ3) is 17.7. The highest BCUT2D eigenvalue weighted by Crippen LogP contribution is 2.22. The SMILES string of the molecule is CCCCCCC/C=C(/OB(CCCCCCC)CCCCCCC)C(C)C. The predicted molar refractivity (Wildman–Crippen MR) is 130 cm³/mol. The minimum atomic E-state index is 0.442. The molecule has 0 radical (unpaired) electrons. The first kappa shape index (κ1) is 27.6. The van der Waals surface area contributed by atoms with Crippen LogP contribution in [0.15, 0.2) is 11.8 Å². The van der Waals surface area contributed by atoms with Crippen LogP contribution in [0.1, 0.15) is 137 Å². The van der Waals surface area contributed by atoms with Gasteiger partial charge in [0.2, 0.25) is 0 Å². The van der Waals surface area contributed by atoms with E-state index < -0.39 is 0 Å². The average molecular weight is 393 g/mol. The Balaban J connectivity index is 4.44. The van der Waals surface area contributed by atoms with E-state index in [9.17, 15) is 0 Å². The van der Waals surface area contributed by atoms with E-state index in [1.165, 1.54) is 121 Å². The van der Waals surface area contributed by atoms with Crippen LogP contribution in [0.5, 0.6) is 0 Å². The summed E-state index contributed by atoms with van der Waals surface area (Å²) in [5.41, 5.74) is 0. The van der Waals surface area contributed by atoms with Crippen LogP contribution >= 0.6 is 0 Å². The second kappa shape index (κ2) is 21.3. The van der Waals surface area contributed by atoms with Crippen molar-refractivity contribution in [3.63, 3.8) is 0 Å². The van der Waals surface area contributed by atoms with Crippen LogP contribution in [0.2, 0.25) is 12.6 Å². The fourth-order valence-electron chi connectivity index (χ4n) is 3.82. The summed E-state index contributed by atoms with van der Waals surface area (Å²) in [5.74, 6) is 1.78. The molecule has 0 fully saturated rings. The maximum atomic E-state index is 6.61. The minimum Gasteiger partial charge on any atom is -0.564 e. The molecule has 0 heterocycles. The zero-order valence-corrected chi connectivity index (χ0v) is 20.4. The highest BCUT2D eigenvalue weighted by molar-refractivity contribution is 6.52. The third-order valence-corrected chi connectivity index (χ3v) is 5.78. The van der Waals surface area contributed by atoms with Crippen molar-refractivity contribution in [2.45, 2.75) is 150 Å². The second-order valence-electron chi connectivity index (χ2n) is 9.11. The highest BCUT2D eigenvalue weighted by atomic mass is 16.4. The molecule has 0 aromatic carbocycles. The summed E-state index contributed by atoms with van der Waals surface area (Å²) in [6, 6.07) is 0. The van der Waals surface area contributed by atoms with E-state index in [-0.39, 0.29) is 0 Å². The van der Waals surface area contributed by atoms with Crippen molar-refractivity contribution >= 4 is 6.92 Å². The van der Waals surface area contributed by atoms with Crippen molar-refractivity contribution in [2.24, 2.45) is 5.92 Å². The number of unbranched alkanes of at least 4 members (excludes halogenated alkanes) is 13. The Hall–Kier alpha value is -0.395. The lowest BCUT2D eigenvalue weighted by Gasteiger charge is -2.21. The summed E-state index contributed by atoms with van der Waals surface area (Å²) >= 11 is 0. The van der Waals surface area contributed by atoms with Crippen molar-refractivity contribution in [3.05, 3.63) is 11.8 Å². The molecule has 1 nitrogen and oxygen atoms in total. The molecule has 0 atom stereocenters. The van der Waals surface area contributed by atoms with E-state index >= 15 is 0 Å². The molecule has 0 aromatic rings. The van der Waals surface area contributed by atoms with Crippen LogP contribution in [-0.2, 0) is 4.65 Å². The molecule has 28 heavy (non-hydrogen) atoms. The molecule has 0 aromatic heterocycles. The molecule has 0 bridgehead atoms. The molecule has 0 aliphatic carbocycles. The van der Waals surface area contributed by atoms with Gasteiger partial charge in [0.05, 0.1) is 5.76 Å². The van der Waals surface area contributed by atoms with E-state index in [2.05, 4.69) is 40.7 Å². The van der Waals surface area contributed by atoms with Crippen LogP contribution < -0.4 is 0 Å². The van der Waals surface area contributed by atoms with Gasteiger partial charge < -0.3 is 4.65 Å². The van der Waals surface area contributed by atoms with Gasteiger partial charge >= 0.3 is 6.92 Å². The first-order chi connectivity index (χ1) is 13.7. The largest absolute Gasteiger partial charge is 0.564 e. The monoisotopic (exact) mass is 392 g/mol. The fourth-order valence-corrected chi connectivity index (χ4v) is 3.82. The van der Waals surface area contributed by atoms with E-state index in [4.69, 9.17) is 4.65 Å².